The van der Waals surface area contributed by atoms with Crippen LogP contribution in [0.3, 0.4) is 0 Å². The summed E-state index contributed by atoms with van der Waals surface area (Å²) in [6.45, 7) is 13.1. The minimum Gasteiger partial charge on any atom is -0.378 e. The molecule has 0 aliphatic heterocycles. The first-order valence-corrected chi connectivity index (χ1v) is 8.58. The van der Waals surface area contributed by atoms with Crippen molar-refractivity contribution in [3.05, 3.63) is 24.4 Å². The molecule has 0 aliphatic rings. The summed E-state index contributed by atoms with van der Waals surface area (Å²) >= 11 is 0. The summed E-state index contributed by atoms with van der Waals surface area (Å²) in [6.07, 6.45) is 8.50. The maximum atomic E-state index is 4.32. The molecule has 1 atom stereocenters. The van der Waals surface area contributed by atoms with Gasteiger partial charge in [0.05, 0.1) is 7.86 Å². The quantitative estimate of drug-likeness (QED) is 0.330. The van der Waals surface area contributed by atoms with E-state index in [1.54, 1.807) is 0 Å². The molecular formula is C15H30N3P. The highest BCUT2D eigenvalue weighted by Gasteiger charge is 2.07. The fourth-order valence-corrected chi connectivity index (χ4v) is 2.98. The first kappa shape index (κ1) is 18.2. The fraction of sp³-hybridized carbons (Fsp3) is 0.667. The van der Waals surface area contributed by atoms with Gasteiger partial charge in [0.1, 0.15) is 0 Å². The van der Waals surface area contributed by atoms with Gasteiger partial charge in [0.15, 0.2) is 0 Å². The van der Waals surface area contributed by atoms with Crippen molar-refractivity contribution in [3.8, 4) is 0 Å². The van der Waals surface area contributed by atoms with Crippen molar-refractivity contribution in [2.45, 2.75) is 33.1 Å². The van der Waals surface area contributed by atoms with Crippen LogP contribution in [0.5, 0.6) is 0 Å². The van der Waals surface area contributed by atoms with Crippen LogP contribution < -0.4 is 0 Å². The molecule has 0 saturated carbocycles. The molecule has 1 unspecified atom stereocenters. The average Bonchev–Trinajstić information content (AvgIpc) is 2.38. The Bertz CT molecular complexity index is 332. The molecule has 3 nitrogen and oxygen atoms in total. The van der Waals surface area contributed by atoms with E-state index in [2.05, 4.69) is 54.7 Å². The van der Waals surface area contributed by atoms with Gasteiger partial charge >= 0.3 is 0 Å². The van der Waals surface area contributed by atoms with E-state index in [4.69, 9.17) is 0 Å². The zero-order chi connectivity index (χ0) is 14.7. The van der Waals surface area contributed by atoms with Crippen LogP contribution in [-0.2, 0) is 0 Å². The van der Waals surface area contributed by atoms with E-state index >= 15 is 0 Å². The Balaban J connectivity index is 4.56. The van der Waals surface area contributed by atoms with Crippen molar-refractivity contribution in [1.82, 2.24) is 4.90 Å². The van der Waals surface area contributed by atoms with Crippen molar-refractivity contribution in [2.24, 2.45) is 15.4 Å². The molecule has 0 aromatic carbocycles. The minimum absolute atomic E-state index is 0.772. The Morgan fingerprint density at radius 3 is 2.58 bits per heavy atom. The summed E-state index contributed by atoms with van der Waals surface area (Å²) < 4.78 is 8.46. The molecule has 0 radical (unpaired) electrons. The highest BCUT2D eigenvalue weighted by Crippen LogP contribution is 2.29. The lowest BCUT2D eigenvalue weighted by molar-refractivity contribution is 0.386. The second kappa shape index (κ2) is 11.0. The van der Waals surface area contributed by atoms with E-state index in [-0.39, 0.29) is 0 Å². The van der Waals surface area contributed by atoms with Crippen molar-refractivity contribution >= 4 is 14.6 Å². The molecule has 0 spiro atoms. The zero-order valence-electron chi connectivity index (χ0n) is 13.0. The summed E-state index contributed by atoms with van der Waals surface area (Å²) in [5.74, 6) is 0.772. The maximum Gasteiger partial charge on any atom is 0.0669 e. The monoisotopic (exact) mass is 283 g/mol. The Hall–Kier alpha value is -0.820. The van der Waals surface area contributed by atoms with Crippen molar-refractivity contribution in [3.63, 3.8) is 0 Å². The third kappa shape index (κ3) is 8.83. The summed E-state index contributed by atoms with van der Waals surface area (Å²) in [5.41, 5.74) is 1.33. The first-order chi connectivity index (χ1) is 9.04. The molecule has 0 rings (SSSR count). The molecule has 0 heterocycles. The van der Waals surface area contributed by atoms with Crippen molar-refractivity contribution in [1.29, 1.82) is 0 Å². The molecule has 0 aromatic heterocycles. The van der Waals surface area contributed by atoms with Crippen LogP contribution in [0.25, 0.3) is 0 Å². The highest BCUT2D eigenvalue weighted by atomic mass is 31.1. The minimum atomic E-state index is -1.04. The number of nitrogens with zero attached hydrogens (tertiary/aromatic N) is 3. The normalized spacial score (nSPS) is 13.6. The molecule has 0 amide bonds. The van der Waals surface area contributed by atoms with E-state index in [0.29, 0.717) is 0 Å². The van der Waals surface area contributed by atoms with Gasteiger partial charge in [-0.2, -0.15) is 0 Å². The molecule has 0 aliphatic carbocycles. The predicted molar refractivity (Wildman–Crippen MR) is 90.7 cm³/mol. The molecule has 19 heavy (non-hydrogen) atoms. The van der Waals surface area contributed by atoms with Crippen LogP contribution in [0.1, 0.15) is 33.1 Å². The first-order valence-electron chi connectivity index (χ1n) is 6.98. The SMILES string of the molecule is C=CC/C=C(/C/[PH](N=C)=N/C)N(C)CCCC(C)C. The van der Waals surface area contributed by atoms with E-state index in [1.165, 1.54) is 18.5 Å². The van der Waals surface area contributed by atoms with Gasteiger partial charge in [0.2, 0.25) is 0 Å². The molecule has 110 valence electrons. The second-order valence-electron chi connectivity index (χ2n) is 5.15. The van der Waals surface area contributed by atoms with Gasteiger partial charge < -0.3 is 4.90 Å². The van der Waals surface area contributed by atoms with Gasteiger partial charge in [0.25, 0.3) is 0 Å². The zero-order valence-corrected chi connectivity index (χ0v) is 14.0. The lowest BCUT2D eigenvalue weighted by Gasteiger charge is -2.23. The van der Waals surface area contributed by atoms with E-state index in [0.717, 1.165) is 25.0 Å². The van der Waals surface area contributed by atoms with Gasteiger partial charge in [-0.05, 0) is 31.9 Å². The molecular weight excluding hydrogens is 253 g/mol. The van der Waals surface area contributed by atoms with Crippen molar-refractivity contribution in [2.75, 3.05) is 26.8 Å². The Morgan fingerprint density at radius 1 is 1.42 bits per heavy atom. The average molecular weight is 283 g/mol. The summed E-state index contributed by atoms with van der Waals surface area (Å²) in [5, 5.41) is 0. The maximum absolute atomic E-state index is 4.32. The Kier molecular flexibility index (Phi) is 10.6. The lowest BCUT2D eigenvalue weighted by Crippen LogP contribution is -2.21. The number of hydrogen-bond donors (Lipinski definition) is 0. The third-order valence-corrected chi connectivity index (χ3v) is 4.63. The summed E-state index contributed by atoms with van der Waals surface area (Å²) in [6, 6.07) is 0. The van der Waals surface area contributed by atoms with Gasteiger partial charge in [0, 0.05) is 32.5 Å². The smallest absolute Gasteiger partial charge is 0.0669 e. The number of rotatable bonds is 10. The molecule has 0 N–H and O–H groups in total. The topological polar surface area (TPSA) is 28.0 Å². The third-order valence-electron chi connectivity index (χ3n) is 3.07. The van der Waals surface area contributed by atoms with Crippen molar-refractivity contribution < 1.29 is 0 Å². The molecule has 0 bridgehead atoms. The summed E-state index contributed by atoms with van der Waals surface area (Å²) in [7, 11) is 2.96. The summed E-state index contributed by atoms with van der Waals surface area (Å²) in [4.78, 5) is 2.34. The van der Waals surface area contributed by atoms with Gasteiger partial charge in [-0.25, -0.2) is 0 Å². The lowest BCUT2D eigenvalue weighted by atomic mass is 10.1. The van der Waals surface area contributed by atoms with E-state index < -0.39 is 7.86 Å². The van der Waals surface area contributed by atoms with Crippen LogP contribution in [0.2, 0.25) is 0 Å². The van der Waals surface area contributed by atoms with E-state index in [1.807, 2.05) is 13.1 Å². The number of hydrogen-bond acceptors (Lipinski definition) is 2. The number of allylic oxidation sites excluding steroid dienone is 3. The predicted octanol–water partition coefficient (Wildman–Crippen LogP) is 4.46. The fourth-order valence-electron chi connectivity index (χ4n) is 1.83. The largest absolute Gasteiger partial charge is 0.378 e. The van der Waals surface area contributed by atoms with Crippen LogP contribution in [0.15, 0.2) is 33.9 Å². The molecule has 0 fully saturated rings. The van der Waals surface area contributed by atoms with Crippen LogP contribution in [0, 0.1) is 5.92 Å². The highest BCUT2D eigenvalue weighted by molar-refractivity contribution is 7.46. The Morgan fingerprint density at radius 2 is 2.11 bits per heavy atom. The van der Waals surface area contributed by atoms with Crippen LogP contribution >= 0.6 is 7.86 Å². The van der Waals surface area contributed by atoms with Gasteiger partial charge in [-0.3, -0.25) is 9.51 Å². The van der Waals surface area contributed by atoms with Gasteiger partial charge in [-0.1, -0.05) is 26.0 Å². The Labute approximate surface area is 120 Å². The van der Waals surface area contributed by atoms with Gasteiger partial charge in [-0.15, -0.1) is 6.58 Å². The molecule has 0 aromatic rings. The van der Waals surface area contributed by atoms with Crippen LogP contribution in [-0.4, -0.2) is 38.4 Å². The molecule has 4 heteroatoms. The van der Waals surface area contributed by atoms with Crippen LogP contribution in [0.4, 0.5) is 0 Å². The molecule has 0 saturated heterocycles. The standard InChI is InChI=1S/C15H30N3P/c1-7-8-11-15(13-19(16-4)17-5)18(6)12-9-10-14(2)3/h7,11,14,19H,1,4,8-10,12-13H2,2-3,5-6H3/b15-11-. The van der Waals surface area contributed by atoms with E-state index in [9.17, 15) is 0 Å². The second-order valence-corrected chi connectivity index (χ2v) is 7.10.